The number of hydrogen-bond acceptors (Lipinski definition) is 2. The van der Waals surface area contributed by atoms with E-state index in [-0.39, 0.29) is 24.0 Å². The summed E-state index contributed by atoms with van der Waals surface area (Å²) < 4.78 is 5.41. The fourth-order valence-corrected chi connectivity index (χ4v) is 1.00. The van der Waals surface area contributed by atoms with E-state index in [1.54, 1.807) is 0 Å². The maximum atomic E-state index is 9.60. The molecule has 1 unspecified atom stereocenters. The molecule has 0 aromatic rings. The summed E-state index contributed by atoms with van der Waals surface area (Å²) in [6.45, 7) is 10.9. The van der Waals surface area contributed by atoms with Gasteiger partial charge in [-0.05, 0) is 5.92 Å². The van der Waals surface area contributed by atoms with Crippen molar-refractivity contribution in [2.24, 2.45) is 11.3 Å². The molecule has 2 nitrogen and oxygen atoms in total. The Balaban J connectivity index is 0. The van der Waals surface area contributed by atoms with Crippen molar-refractivity contribution in [2.75, 3.05) is 6.61 Å². The van der Waals surface area contributed by atoms with Gasteiger partial charge in [0.05, 0.1) is 6.61 Å². The van der Waals surface area contributed by atoms with Crippen LogP contribution in [0.2, 0.25) is 0 Å². The van der Waals surface area contributed by atoms with Gasteiger partial charge in [0.25, 0.3) is 0 Å². The summed E-state index contributed by atoms with van der Waals surface area (Å²) in [5, 5.41) is 9.60. The van der Waals surface area contributed by atoms with E-state index >= 15 is 0 Å². The zero-order chi connectivity index (χ0) is 10.5. The smallest absolute Gasteiger partial charge is 0.159 e. The first kappa shape index (κ1) is 16.9. The Kier molecular flexibility index (Phi) is 9.37. The largest absolute Gasteiger partial charge is 0.368 e. The Morgan fingerprint density at radius 1 is 1.14 bits per heavy atom. The normalized spacial score (nSPS) is 13.9. The van der Waals surface area contributed by atoms with Crippen molar-refractivity contribution in [2.45, 2.75) is 53.8 Å². The van der Waals surface area contributed by atoms with Crippen LogP contribution < -0.4 is 0 Å². The quantitative estimate of drug-likeness (QED) is 0.747. The van der Waals surface area contributed by atoms with Gasteiger partial charge >= 0.3 is 0 Å². The third-order valence-corrected chi connectivity index (χ3v) is 2.39. The Bertz CT molecular complexity index is 128. The maximum Gasteiger partial charge on any atom is 0.159 e. The van der Waals surface area contributed by atoms with Crippen LogP contribution in [0.3, 0.4) is 0 Å². The van der Waals surface area contributed by atoms with Crippen molar-refractivity contribution >= 4 is 0 Å². The summed E-state index contributed by atoms with van der Waals surface area (Å²) >= 11 is 0. The molecule has 0 spiro atoms. The summed E-state index contributed by atoms with van der Waals surface area (Å²) in [6, 6.07) is 0. The van der Waals surface area contributed by atoms with E-state index in [4.69, 9.17) is 4.74 Å². The molecule has 0 aliphatic heterocycles. The van der Waals surface area contributed by atoms with E-state index < -0.39 is 6.29 Å². The van der Waals surface area contributed by atoms with Gasteiger partial charge in [-0.3, -0.25) is 0 Å². The Morgan fingerprint density at radius 2 is 1.57 bits per heavy atom. The number of ether oxygens (including phenoxy) is 1. The average molecular weight is 239 g/mol. The summed E-state index contributed by atoms with van der Waals surface area (Å²) in [7, 11) is 0. The second-order valence-electron chi connectivity index (χ2n) is 4.73. The van der Waals surface area contributed by atoms with Crippen LogP contribution in [0.4, 0.5) is 0 Å². The SMILES string of the molecule is CCC(CC)COC(O)C(C)(C)C.[V]. The molecule has 1 atom stereocenters. The van der Waals surface area contributed by atoms with Crippen molar-refractivity contribution in [3.8, 4) is 0 Å². The van der Waals surface area contributed by atoms with Gasteiger partial charge in [-0.15, -0.1) is 0 Å². The Morgan fingerprint density at radius 3 is 1.86 bits per heavy atom. The maximum absolute atomic E-state index is 9.60. The van der Waals surface area contributed by atoms with Crippen LogP contribution in [0.1, 0.15) is 47.5 Å². The van der Waals surface area contributed by atoms with E-state index in [9.17, 15) is 5.11 Å². The van der Waals surface area contributed by atoms with Gasteiger partial charge in [0, 0.05) is 24.0 Å². The molecule has 14 heavy (non-hydrogen) atoms. The van der Waals surface area contributed by atoms with Crippen LogP contribution in [0.15, 0.2) is 0 Å². The van der Waals surface area contributed by atoms with Crippen molar-refractivity contribution in [1.82, 2.24) is 0 Å². The van der Waals surface area contributed by atoms with Crippen LogP contribution in [-0.2, 0) is 23.3 Å². The fourth-order valence-electron chi connectivity index (χ4n) is 1.00. The second-order valence-corrected chi connectivity index (χ2v) is 4.73. The van der Waals surface area contributed by atoms with Gasteiger partial charge in [0.15, 0.2) is 6.29 Å². The zero-order valence-electron chi connectivity index (χ0n) is 10.1. The molecule has 0 aromatic carbocycles. The summed E-state index contributed by atoms with van der Waals surface area (Å²) in [5.41, 5.74) is -0.175. The topological polar surface area (TPSA) is 29.5 Å². The molecule has 85 valence electrons. The third kappa shape index (κ3) is 6.88. The first-order valence-electron chi connectivity index (χ1n) is 5.21. The molecular formula is C11H24O2V. The van der Waals surface area contributed by atoms with Crippen LogP contribution in [0, 0.1) is 11.3 Å². The minimum Gasteiger partial charge on any atom is -0.368 e. The molecule has 0 aromatic heterocycles. The molecule has 0 bridgehead atoms. The molecular weight excluding hydrogens is 215 g/mol. The molecule has 0 fully saturated rings. The second kappa shape index (κ2) is 7.75. The van der Waals surface area contributed by atoms with Crippen LogP contribution in [-0.4, -0.2) is 18.0 Å². The fraction of sp³-hybridized carbons (Fsp3) is 1.00. The molecule has 3 heteroatoms. The van der Waals surface area contributed by atoms with Crippen LogP contribution in [0.5, 0.6) is 0 Å². The van der Waals surface area contributed by atoms with E-state index in [0.717, 1.165) is 12.8 Å². The summed E-state index contributed by atoms with van der Waals surface area (Å²) in [4.78, 5) is 0. The number of aliphatic hydroxyl groups is 1. The Hall–Kier alpha value is 0.504. The Labute approximate surface area is 100 Å². The molecule has 0 saturated heterocycles. The minimum atomic E-state index is -0.645. The predicted octanol–water partition coefficient (Wildman–Crippen LogP) is 2.80. The molecule has 0 rings (SSSR count). The molecule has 0 aliphatic carbocycles. The number of aliphatic hydroxyl groups excluding tert-OH is 1. The predicted molar refractivity (Wildman–Crippen MR) is 55.5 cm³/mol. The molecule has 1 radical (unpaired) electrons. The van der Waals surface area contributed by atoms with Gasteiger partial charge in [-0.25, -0.2) is 0 Å². The third-order valence-electron chi connectivity index (χ3n) is 2.39. The van der Waals surface area contributed by atoms with Crippen LogP contribution >= 0.6 is 0 Å². The minimum absolute atomic E-state index is 0. The van der Waals surface area contributed by atoms with Gasteiger partial charge in [0.1, 0.15) is 0 Å². The molecule has 0 saturated carbocycles. The van der Waals surface area contributed by atoms with Gasteiger partial charge < -0.3 is 9.84 Å². The molecule has 1 N–H and O–H groups in total. The molecule has 0 amide bonds. The number of rotatable bonds is 5. The first-order valence-corrected chi connectivity index (χ1v) is 5.21. The average Bonchev–Trinajstić information content (AvgIpc) is 2.04. The van der Waals surface area contributed by atoms with Crippen LogP contribution in [0.25, 0.3) is 0 Å². The van der Waals surface area contributed by atoms with Crippen molar-refractivity contribution < 1.29 is 28.4 Å². The zero-order valence-corrected chi connectivity index (χ0v) is 11.5. The standard InChI is InChI=1S/C11H24O2.V/c1-6-9(7-2)8-13-10(12)11(3,4)5;/h9-10,12H,6-8H2,1-5H3;. The first-order chi connectivity index (χ1) is 5.91. The monoisotopic (exact) mass is 239 g/mol. The van der Waals surface area contributed by atoms with Crippen molar-refractivity contribution in [1.29, 1.82) is 0 Å². The van der Waals surface area contributed by atoms with Crippen molar-refractivity contribution in [3.05, 3.63) is 0 Å². The van der Waals surface area contributed by atoms with E-state index in [2.05, 4.69) is 13.8 Å². The summed E-state index contributed by atoms with van der Waals surface area (Å²) in [6.07, 6.45) is 1.59. The van der Waals surface area contributed by atoms with Gasteiger partial charge in [-0.2, -0.15) is 0 Å². The van der Waals surface area contributed by atoms with Crippen molar-refractivity contribution in [3.63, 3.8) is 0 Å². The van der Waals surface area contributed by atoms with E-state index in [1.165, 1.54) is 0 Å². The van der Waals surface area contributed by atoms with Gasteiger partial charge in [0.2, 0.25) is 0 Å². The summed E-state index contributed by atoms with van der Waals surface area (Å²) in [5.74, 6) is 0.581. The molecule has 0 aliphatic rings. The number of hydrogen-bond donors (Lipinski definition) is 1. The molecule has 0 heterocycles. The van der Waals surface area contributed by atoms with E-state index in [0.29, 0.717) is 12.5 Å². The van der Waals surface area contributed by atoms with Gasteiger partial charge in [-0.1, -0.05) is 47.5 Å². The van der Waals surface area contributed by atoms with E-state index in [1.807, 2.05) is 20.8 Å².